The highest BCUT2D eigenvalue weighted by Crippen LogP contribution is 2.41. The van der Waals surface area contributed by atoms with Gasteiger partial charge in [0.15, 0.2) is 0 Å². The first kappa shape index (κ1) is 76.6. The summed E-state index contributed by atoms with van der Waals surface area (Å²) in [6.07, 6.45) is 28.5. The number of unbranched alkanes of at least 4 members (excludes halogenated alkanes) is 1. The lowest BCUT2D eigenvalue weighted by Gasteiger charge is -2.25. The second-order valence-corrected chi connectivity index (χ2v) is 19.3. The summed E-state index contributed by atoms with van der Waals surface area (Å²) in [6, 6.07) is 0. The van der Waals surface area contributed by atoms with E-state index in [1.165, 1.54) is 98.0 Å². The molecule has 0 saturated carbocycles. The predicted molar refractivity (Wildman–Crippen MR) is 292 cm³/mol. The van der Waals surface area contributed by atoms with E-state index in [0.29, 0.717) is 51.2 Å². The molecule has 0 aromatic heterocycles. The van der Waals surface area contributed by atoms with Gasteiger partial charge in [0.1, 0.15) is 6.71 Å². The number of carbonyl (C=O) groups is 3. The Morgan fingerprint density at radius 3 is 1.89 bits per heavy atom. The van der Waals surface area contributed by atoms with Crippen molar-refractivity contribution in [2.75, 3.05) is 61.0 Å². The standard InChI is InChI=1S/C14H27BO4.C13H26O5.C8H15BO2.C8H15B.C5H8O2.4CH4.O2/c1-14(2,13(16)18-3)11-19-10-6-8-12-7-4-5-9-15(12)17;1-11(13(16)17-2)10-18-9-5-7-12(15)6-3-4-8-14;1-2-6-9-8(4-1)5-3-7-10-11-9;1-2-6-9-7-3-5-8(9)4-1;1-4(2)5(6)7-3;;;;;1-2/h12,17H,4-11H2,1-3H3;11-12,14-15H,3-10H2,1-2H3;8H,1-7H2;8H,1-7H2;1H2,2-3H3;4*1H4;. The normalized spacial score (nSPS) is 19.6. The van der Waals surface area contributed by atoms with Gasteiger partial charge in [0.2, 0.25) is 0 Å². The van der Waals surface area contributed by atoms with Crippen LogP contribution in [0, 0.1) is 21.3 Å². The van der Waals surface area contributed by atoms with E-state index in [4.69, 9.17) is 38.9 Å². The van der Waals surface area contributed by atoms with Crippen LogP contribution < -0.4 is 0 Å². The Hall–Kier alpha value is -2.34. The number of fused-ring (bicyclic) bond motifs is 2. The van der Waals surface area contributed by atoms with Crippen molar-refractivity contribution in [2.45, 2.75) is 235 Å². The third kappa shape index (κ3) is 36.6. The van der Waals surface area contributed by atoms with E-state index < -0.39 is 5.41 Å². The maximum Gasteiger partial charge on any atom is 0.343 e. The Labute approximate surface area is 429 Å². The van der Waals surface area contributed by atoms with E-state index in [9.17, 15) is 24.5 Å². The molecule has 0 spiro atoms. The summed E-state index contributed by atoms with van der Waals surface area (Å²) in [5, 5.41) is 28.1. The van der Waals surface area contributed by atoms with Gasteiger partial charge in [-0.15, -0.1) is 0 Å². The monoisotopic (exact) mass is 1000 g/mol. The first-order chi connectivity index (χ1) is 31.7. The average Bonchev–Trinajstić information content (AvgIpc) is 3.69. The van der Waals surface area contributed by atoms with Crippen LogP contribution in [0.25, 0.3) is 0 Å². The fourth-order valence-electron chi connectivity index (χ4n) is 9.25. The van der Waals surface area contributed by atoms with E-state index in [1.807, 2.05) is 13.8 Å². The lowest BCUT2D eigenvalue weighted by molar-refractivity contribution is -0.210. The minimum absolute atomic E-state index is 0. The zero-order valence-electron chi connectivity index (χ0n) is 42.3. The van der Waals surface area contributed by atoms with Crippen molar-refractivity contribution in [3.63, 3.8) is 0 Å². The van der Waals surface area contributed by atoms with Gasteiger partial charge in [-0.1, -0.05) is 138 Å². The van der Waals surface area contributed by atoms with Crippen LogP contribution in [0.2, 0.25) is 42.7 Å². The van der Waals surface area contributed by atoms with Gasteiger partial charge >= 0.3 is 24.8 Å². The van der Waals surface area contributed by atoms with Crippen LogP contribution in [-0.4, -0.2) is 121 Å². The van der Waals surface area contributed by atoms with Gasteiger partial charge in [-0.2, -0.15) is 0 Å². The van der Waals surface area contributed by atoms with Gasteiger partial charge in [-0.3, -0.25) is 14.5 Å². The molecule has 5 unspecified atom stereocenters. The van der Waals surface area contributed by atoms with Gasteiger partial charge in [-0.05, 0) is 96.9 Å². The SMILES string of the molecule is C.C.C.C.C1CCC2CCCB2C1.C1CCC2CCCOOB2C1.C=C(C)C(=O)OC.COC(=O)C(C)(C)COCCCC1CCCCB1O.COC(=O)C(C)COCCCC(O)CCCCO.O=O. The maximum atomic E-state index is 11.5. The molecule has 0 aliphatic carbocycles. The Morgan fingerprint density at radius 1 is 0.729 bits per heavy atom. The molecule has 0 aromatic carbocycles. The number of methoxy groups -OCH3 is 3. The predicted octanol–water partition coefficient (Wildman–Crippen LogP) is 12.1. The number of ether oxygens (including phenoxy) is 5. The fourth-order valence-corrected chi connectivity index (χ4v) is 9.25. The molecule has 0 aromatic rings. The minimum atomic E-state index is -0.584. The van der Waals surface area contributed by atoms with Crippen LogP contribution in [0.15, 0.2) is 12.2 Å². The Balaban J connectivity index is -0.000000255. The number of carbonyl (C=O) groups excluding carboxylic acids is 3. The highest BCUT2D eigenvalue weighted by Gasteiger charge is 2.34. The molecule has 414 valence electrons. The molecule has 15 nitrogen and oxygen atoms in total. The van der Waals surface area contributed by atoms with Crippen molar-refractivity contribution in [2.24, 2.45) is 11.3 Å². The molecule has 5 aliphatic rings. The second kappa shape index (κ2) is 48.9. The number of rotatable bonds is 19. The van der Waals surface area contributed by atoms with Crippen molar-refractivity contribution in [1.82, 2.24) is 0 Å². The van der Waals surface area contributed by atoms with Gasteiger partial charge in [0.25, 0.3) is 6.92 Å². The van der Waals surface area contributed by atoms with Gasteiger partial charge in [-0.25, -0.2) is 4.79 Å². The van der Waals surface area contributed by atoms with Crippen LogP contribution in [-0.2, 0) is 47.8 Å². The van der Waals surface area contributed by atoms with Crippen molar-refractivity contribution in [3.8, 4) is 0 Å². The van der Waals surface area contributed by atoms with Crippen LogP contribution in [0.1, 0.15) is 186 Å². The zero-order valence-corrected chi connectivity index (χ0v) is 42.3. The van der Waals surface area contributed by atoms with E-state index in [-0.39, 0.29) is 73.2 Å². The molecule has 5 heterocycles. The number of hydrogen-bond acceptors (Lipinski definition) is 15. The third-order valence-corrected chi connectivity index (χ3v) is 13.3. The molecule has 5 fully saturated rings. The number of aliphatic hydroxyl groups is 2. The first-order valence-electron chi connectivity index (χ1n) is 25.2. The first-order valence-corrected chi connectivity index (χ1v) is 25.2. The second-order valence-electron chi connectivity index (χ2n) is 19.3. The molecular weight excluding hydrogens is 897 g/mol. The minimum Gasteiger partial charge on any atom is -0.469 e. The van der Waals surface area contributed by atoms with Crippen LogP contribution in [0.4, 0.5) is 0 Å². The highest BCUT2D eigenvalue weighted by molar-refractivity contribution is 6.61. The smallest absolute Gasteiger partial charge is 0.343 e. The number of aliphatic hydroxyl groups excluding tert-OH is 2. The molecule has 70 heavy (non-hydrogen) atoms. The van der Waals surface area contributed by atoms with E-state index in [2.05, 4.69) is 16.1 Å². The fraction of sp³-hybridized carbons (Fsp3) is 0.904. The molecule has 5 aliphatic heterocycles. The summed E-state index contributed by atoms with van der Waals surface area (Å²) in [6.45, 7) is 14.7. The van der Waals surface area contributed by atoms with Crippen LogP contribution in [0.5, 0.6) is 0 Å². The number of hydrogen-bond donors (Lipinski definition) is 3. The summed E-state index contributed by atoms with van der Waals surface area (Å²) in [5.41, 5.74) is -0.151. The van der Waals surface area contributed by atoms with Gasteiger partial charge in [0, 0.05) is 35.3 Å². The molecule has 0 bridgehead atoms. The molecule has 5 saturated heterocycles. The van der Waals surface area contributed by atoms with E-state index in [0.717, 1.165) is 70.1 Å². The van der Waals surface area contributed by atoms with Gasteiger partial charge < -0.3 is 43.7 Å². The Morgan fingerprint density at radius 2 is 1.30 bits per heavy atom. The average molecular weight is 1000 g/mol. The van der Waals surface area contributed by atoms with E-state index >= 15 is 0 Å². The topological polar surface area (TPSA) is 211 Å². The summed E-state index contributed by atoms with van der Waals surface area (Å²) < 4.78 is 24.5. The van der Waals surface area contributed by atoms with Crippen molar-refractivity contribution < 1.29 is 63.0 Å². The van der Waals surface area contributed by atoms with Gasteiger partial charge in [0.05, 0.1) is 58.6 Å². The van der Waals surface area contributed by atoms with Crippen molar-refractivity contribution in [1.29, 1.82) is 0 Å². The van der Waals surface area contributed by atoms with Crippen LogP contribution in [0.3, 0.4) is 0 Å². The Kier molecular flexibility index (Phi) is 53.5. The summed E-state index contributed by atoms with van der Waals surface area (Å²) in [7, 11) is 4.09. The third-order valence-electron chi connectivity index (χ3n) is 13.3. The number of esters is 3. The molecule has 0 radical (unpaired) electrons. The highest BCUT2D eigenvalue weighted by atomic mass is 17.2. The largest absolute Gasteiger partial charge is 0.469 e. The quantitative estimate of drug-likeness (QED) is 0.0274. The summed E-state index contributed by atoms with van der Waals surface area (Å²) in [4.78, 5) is 57.1. The lowest BCUT2D eigenvalue weighted by atomic mass is 9.37. The van der Waals surface area contributed by atoms with Crippen LogP contribution >= 0.6 is 0 Å². The molecule has 18 heteroatoms. The molecular formula is C52H107B3O15. The zero-order chi connectivity index (χ0) is 49.6. The lowest BCUT2D eigenvalue weighted by Crippen LogP contribution is -2.31. The Bertz CT molecular complexity index is 1220. The molecule has 5 atom stereocenters. The summed E-state index contributed by atoms with van der Waals surface area (Å²) >= 11 is 0. The van der Waals surface area contributed by atoms with Crippen molar-refractivity contribution >= 4 is 38.5 Å². The molecule has 5 rings (SSSR count). The van der Waals surface area contributed by atoms with E-state index in [1.54, 1.807) is 39.3 Å². The molecule has 3 N–H and O–H groups in total. The van der Waals surface area contributed by atoms with Crippen molar-refractivity contribution in [3.05, 3.63) is 22.1 Å². The summed E-state index contributed by atoms with van der Waals surface area (Å²) in [5.74, 6) is 1.30. The maximum absolute atomic E-state index is 11.5. The molecule has 0 amide bonds.